The number of nitrogens with zero attached hydrogens (tertiary/aromatic N) is 3. The molecule has 0 saturated carbocycles. The number of halogens is 2. The number of aromatic nitrogens is 3. The molecule has 2 rings (SSSR count). The molecule has 0 aliphatic rings. The minimum atomic E-state index is -0.605. The van der Waals surface area contributed by atoms with Gasteiger partial charge in [-0.25, -0.2) is 8.78 Å². The van der Waals surface area contributed by atoms with Crippen LogP contribution in [-0.4, -0.2) is 33.0 Å². The van der Waals surface area contributed by atoms with Gasteiger partial charge in [0.15, 0.2) is 5.16 Å². The molecule has 1 heterocycles. The largest absolute Gasteiger partial charge is 0.355 e. The maximum atomic E-state index is 13.5. The Hall–Kier alpha value is -2.22. The van der Waals surface area contributed by atoms with Crippen molar-refractivity contribution in [2.45, 2.75) is 25.0 Å². The molecule has 0 aliphatic carbocycles. The van der Waals surface area contributed by atoms with E-state index in [2.05, 4.69) is 22.1 Å². The fraction of sp³-hybridized carbons (Fsp3) is 0.312. The molecule has 2 aromatic rings. The van der Waals surface area contributed by atoms with E-state index >= 15 is 0 Å². The van der Waals surface area contributed by atoms with Gasteiger partial charge in [0.25, 0.3) is 0 Å². The molecule has 128 valence electrons. The van der Waals surface area contributed by atoms with Crippen LogP contribution in [0, 0.1) is 18.6 Å². The molecule has 0 radical (unpaired) electrons. The second-order valence-corrected chi connectivity index (χ2v) is 5.96. The lowest BCUT2D eigenvalue weighted by Gasteiger charge is -2.07. The zero-order valence-electron chi connectivity index (χ0n) is 13.3. The van der Waals surface area contributed by atoms with Crippen molar-refractivity contribution < 1.29 is 13.6 Å². The molecule has 1 aromatic carbocycles. The second kappa shape index (κ2) is 8.58. The van der Waals surface area contributed by atoms with Gasteiger partial charge < -0.3 is 9.88 Å². The zero-order chi connectivity index (χ0) is 17.5. The number of thioether (sulfide) groups is 1. The SMILES string of the molecule is C=CCn1c(C)nnc1SCC(=O)NCCc1c(F)cccc1F. The van der Waals surface area contributed by atoms with Crippen LogP contribution in [0.4, 0.5) is 8.78 Å². The number of hydrogen-bond donors (Lipinski definition) is 1. The highest BCUT2D eigenvalue weighted by Crippen LogP contribution is 2.16. The summed E-state index contributed by atoms with van der Waals surface area (Å²) < 4.78 is 28.8. The van der Waals surface area contributed by atoms with Gasteiger partial charge >= 0.3 is 0 Å². The minimum Gasteiger partial charge on any atom is -0.355 e. The van der Waals surface area contributed by atoms with Gasteiger partial charge in [0.05, 0.1) is 5.75 Å². The number of carbonyl (C=O) groups is 1. The highest BCUT2D eigenvalue weighted by molar-refractivity contribution is 7.99. The molecule has 0 spiro atoms. The van der Waals surface area contributed by atoms with E-state index < -0.39 is 11.6 Å². The van der Waals surface area contributed by atoms with Gasteiger partial charge in [-0.15, -0.1) is 16.8 Å². The predicted molar refractivity (Wildman–Crippen MR) is 88.8 cm³/mol. The molecule has 24 heavy (non-hydrogen) atoms. The first-order valence-corrected chi connectivity index (χ1v) is 8.34. The van der Waals surface area contributed by atoms with Crippen molar-refractivity contribution in [1.82, 2.24) is 20.1 Å². The Bertz CT molecular complexity index is 713. The topological polar surface area (TPSA) is 59.8 Å². The number of rotatable bonds is 8. The molecule has 5 nitrogen and oxygen atoms in total. The van der Waals surface area contributed by atoms with Gasteiger partial charge in [0.2, 0.25) is 5.91 Å². The van der Waals surface area contributed by atoms with Gasteiger partial charge in [-0.1, -0.05) is 23.9 Å². The van der Waals surface area contributed by atoms with Gasteiger partial charge in [0, 0.05) is 18.7 Å². The lowest BCUT2D eigenvalue weighted by atomic mass is 10.1. The van der Waals surface area contributed by atoms with E-state index in [-0.39, 0.29) is 30.2 Å². The van der Waals surface area contributed by atoms with Crippen molar-refractivity contribution >= 4 is 17.7 Å². The second-order valence-electron chi connectivity index (χ2n) is 5.02. The Morgan fingerprint density at radius 3 is 2.75 bits per heavy atom. The van der Waals surface area contributed by atoms with Crippen LogP contribution < -0.4 is 5.32 Å². The first-order valence-electron chi connectivity index (χ1n) is 7.36. The number of nitrogens with one attached hydrogen (secondary N) is 1. The summed E-state index contributed by atoms with van der Waals surface area (Å²) in [6.45, 7) is 6.22. The number of amides is 1. The number of carbonyl (C=O) groups excluding carboxylic acids is 1. The van der Waals surface area contributed by atoms with E-state index in [9.17, 15) is 13.6 Å². The molecule has 0 atom stereocenters. The summed E-state index contributed by atoms with van der Waals surface area (Å²) >= 11 is 1.25. The van der Waals surface area contributed by atoms with Crippen molar-refractivity contribution in [3.05, 3.63) is 53.9 Å². The third-order valence-corrected chi connectivity index (χ3v) is 4.27. The van der Waals surface area contributed by atoms with Crippen molar-refractivity contribution in [3.63, 3.8) is 0 Å². The van der Waals surface area contributed by atoms with E-state index in [1.54, 1.807) is 6.08 Å². The molecule has 0 saturated heterocycles. The number of hydrogen-bond acceptors (Lipinski definition) is 4. The fourth-order valence-electron chi connectivity index (χ4n) is 2.09. The predicted octanol–water partition coefficient (Wildman–Crippen LogP) is 2.50. The van der Waals surface area contributed by atoms with Gasteiger partial charge in [0.1, 0.15) is 17.5 Å². The first-order chi connectivity index (χ1) is 11.5. The van der Waals surface area contributed by atoms with Crippen molar-refractivity contribution in [3.8, 4) is 0 Å². The van der Waals surface area contributed by atoms with E-state index in [1.807, 2.05) is 11.5 Å². The zero-order valence-corrected chi connectivity index (χ0v) is 14.1. The first kappa shape index (κ1) is 18.1. The van der Waals surface area contributed by atoms with Gasteiger partial charge in [-0.05, 0) is 25.5 Å². The molecule has 1 N–H and O–H groups in total. The van der Waals surface area contributed by atoms with E-state index in [4.69, 9.17) is 0 Å². The molecular weight excluding hydrogens is 334 g/mol. The van der Waals surface area contributed by atoms with Crippen LogP contribution >= 0.6 is 11.8 Å². The van der Waals surface area contributed by atoms with Crippen molar-refractivity contribution in [2.24, 2.45) is 0 Å². The molecule has 0 bridgehead atoms. The van der Waals surface area contributed by atoms with Crippen LogP contribution in [-0.2, 0) is 17.8 Å². The van der Waals surface area contributed by atoms with Crippen LogP contribution in [0.15, 0.2) is 36.0 Å². The van der Waals surface area contributed by atoms with Crippen molar-refractivity contribution in [1.29, 1.82) is 0 Å². The number of aryl methyl sites for hydroxylation is 1. The Balaban J connectivity index is 1.81. The molecular formula is C16H18F2N4OS. The molecule has 1 amide bonds. The minimum absolute atomic E-state index is 0.0215. The van der Waals surface area contributed by atoms with Crippen LogP contribution in [0.25, 0.3) is 0 Å². The molecule has 8 heteroatoms. The Morgan fingerprint density at radius 1 is 1.38 bits per heavy atom. The van der Waals surface area contributed by atoms with Gasteiger partial charge in [-0.2, -0.15) is 0 Å². The summed E-state index contributed by atoms with van der Waals surface area (Å²) in [7, 11) is 0. The van der Waals surface area contributed by atoms with E-state index in [0.29, 0.717) is 11.7 Å². The Labute approximate surface area is 143 Å². The Kier molecular flexibility index (Phi) is 6.48. The van der Waals surface area contributed by atoms with Crippen LogP contribution in [0.3, 0.4) is 0 Å². The summed E-state index contributed by atoms with van der Waals surface area (Å²) in [6, 6.07) is 3.71. The van der Waals surface area contributed by atoms with Gasteiger partial charge in [-0.3, -0.25) is 4.79 Å². The normalized spacial score (nSPS) is 10.6. The maximum Gasteiger partial charge on any atom is 0.230 e. The molecule has 0 fully saturated rings. The standard InChI is InChI=1S/C16H18F2N4OS/c1-3-9-22-11(2)20-21-16(22)24-10-15(23)19-8-7-12-13(17)5-4-6-14(12)18/h3-6H,1,7-10H2,2H3,(H,19,23). The third-order valence-electron chi connectivity index (χ3n) is 3.30. The summed E-state index contributed by atoms with van der Waals surface area (Å²) in [4.78, 5) is 11.9. The van der Waals surface area contributed by atoms with Crippen LogP contribution in [0.1, 0.15) is 11.4 Å². The summed E-state index contributed by atoms with van der Waals surface area (Å²) in [6.07, 6.45) is 1.82. The third kappa shape index (κ3) is 4.64. The lowest BCUT2D eigenvalue weighted by molar-refractivity contribution is -0.118. The van der Waals surface area contributed by atoms with Crippen LogP contribution in [0.2, 0.25) is 0 Å². The maximum absolute atomic E-state index is 13.5. The smallest absolute Gasteiger partial charge is 0.230 e. The highest BCUT2D eigenvalue weighted by atomic mass is 32.2. The average molecular weight is 352 g/mol. The van der Waals surface area contributed by atoms with Crippen LogP contribution in [0.5, 0.6) is 0 Å². The number of benzene rings is 1. The monoisotopic (exact) mass is 352 g/mol. The molecule has 1 aromatic heterocycles. The van der Waals surface area contributed by atoms with E-state index in [0.717, 1.165) is 5.82 Å². The average Bonchev–Trinajstić information content (AvgIpc) is 2.89. The van der Waals surface area contributed by atoms with Crippen molar-refractivity contribution in [2.75, 3.05) is 12.3 Å². The fourth-order valence-corrected chi connectivity index (χ4v) is 2.91. The lowest BCUT2D eigenvalue weighted by Crippen LogP contribution is -2.27. The molecule has 0 unspecified atom stereocenters. The quantitative estimate of drug-likeness (QED) is 0.586. The summed E-state index contributed by atoms with van der Waals surface area (Å²) in [5.74, 6) is -0.552. The summed E-state index contributed by atoms with van der Waals surface area (Å²) in [5.41, 5.74) is -0.0215. The van der Waals surface area contributed by atoms with E-state index in [1.165, 1.54) is 30.0 Å². The summed E-state index contributed by atoms with van der Waals surface area (Å²) in [5, 5.41) is 11.2. The highest BCUT2D eigenvalue weighted by Gasteiger charge is 2.12. The molecule has 0 aliphatic heterocycles. The Morgan fingerprint density at radius 2 is 2.08 bits per heavy atom. The number of allylic oxidation sites excluding steroid dienone is 1.